The van der Waals surface area contributed by atoms with Gasteiger partial charge >= 0.3 is 6.03 Å². The van der Waals surface area contributed by atoms with Crippen LogP contribution in [0.15, 0.2) is 60.7 Å². The van der Waals surface area contributed by atoms with Crippen LogP contribution < -0.4 is 25.6 Å². The Morgan fingerprint density at radius 3 is 2.60 bits per heavy atom. The zero-order valence-corrected chi connectivity index (χ0v) is 24.1. The normalized spacial score (nSPS) is 21.0. The number of carbonyl (C=O) groups is 4. The summed E-state index contributed by atoms with van der Waals surface area (Å²) in [5.74, 6) is -0.677. The molecule has 0 radical (unpaired) electrons. The molecule has 11 heteroatoms. The Bertz CT molecular complexity index is 1610. The lowest BCUT2D eigenvalue weighted by molar-refractivity contribution is -0.125. The Morgan fingerprint density at radius 1 is 1.00 bits per heavy atom. The molecule has 2 atom stereocenters. The van der Waals surface area contributed by atoms with Crippen LogP contribution in [0.25, 0.3) is 0 Å². The fourth-order valence-electron chi connectivity index (χ4n) is 5.99. The summed E-state index contributed by atoms with van der Waals surface area (Å²) in [6, 6.07) is 17.6. The minimum absolute atomic E-state index is 0.139. The van der Waals surface area contributed by atoms with Gasteiger partial charge in [-0.1, -0.05) is 47.5 Å². The molecule has 5 amide bonds. The summed E-state index contributed by atoms with van der Waals surface area (Å²) in [5.41, 5.74) is 3.11. The van der Waals surface area contributed by atoms with Crippen molar-refractivity contribution in [3.63, 3.8) is 0 Å². The van der Waals surface area contributed by atoms with Gasteiger partial charge in [0.1, 0.15) is 17.8 Å². The third kappa shape index (κ3) is 5.54. The largest absolute Gasteiger partial charge is 0.492 e. The van der Waals surface area contributed by atoms with Crippen molar-refractivity contribution in [3.05, 3.63) is 87.4 Å². The van der Waals surface area contributed by atoms with E-state index in [-0.39, 0.29) is 36.8 Å². The van der Waals surface area contributed by atoms with Crippen molar-refractivity contribution in [2.75, 3.05) is 23.4 Å². The number of urea groups is 1. The number of nitrogens with zero attached hydrogens (tertiary/aromatic N) is 1. The van der Waals surface area contributed by atoms with Crippen molar-refractivity contribution in [2.24, 2.45) is 5.92 Å². The third-order valence-electron chi connectivity index (χ3n) is 8.07. The molecular weight excluding hydrogens is 579 g/mol. The van der Waals surface area contributed by atoms with Gasteiger partial charge in [0.15, 0.2) is 0 Å². The van der Waals surface area contributed by atoms with Crippen LogP contribution in [-0.4, -0.2) is 42.4 Å². The van der Waals surface area contributed by atoms with Gasteiger partial charge in [0.25, 0.3) is 5.91 Å². The summed E-state index contributed by atoms with van der Waals surface area (Å²) in [6.07, 6.45) is 2.52. The van der Waals surface area contributed by atoms with E-state index in [1.165, 1.54) is 0 Å². The van der Waals surface area contributed by atoms with Gasteiger partial charge in [-0.3, -0.25) is 19.7 Å². The lowest BCUT2D eigenvalue weighted by Crippen LogP contribution is -2.47. The van der Waals surface area contributed by atoms with E-state index in [9.17, 15) is 19.2 Å². The lowest BCUT2D eigenvalue weighted by Gasteiger charge is -2.25. The number of hydrogen-bond donors (Lipinski definition) is 3. The molecule has 3 aromatic rings. The first-order valence-corrected chi connectivity index (χ1v) is 14.5. The molecule has 0 bridgehead atoms. The molecule has 2 aliphatic heterocycles. The summed E-state index contributed by atoms with van der Waals surface area (Å²) in [5, 5.41) is 8.87. The number of anilines is 2. The van der Waals surface area contributed by atoms with Gasteiger partial charge in [0.05, 0.1) is 11.6 Å². The Labute approximate surface area is 252 Å². The predicted molar refractivity (Wildman–Crippen MR) is 159 cm³/mol. The van der Waals surface area contributed by atoms with E-state index in [0.717, 1.165) is 22.4 Å². The molecule has 216 valence electrons. The van der Waals surface area contributed by atoms with E-state index in [4.69, 9.17) is 27.9 Å². The zero-order valence-electron chi connectivity index (χ0n) is 22.5. The SMILES string of the molecule is O=C(CN1C(=O)C(CCOc2ccc(Cl)cc2Cl)CCc2ccccc21)Nc1ccc2c(c1)CC1(C2)NC(=O)NC1=O. The molecule has 2 heterocycles. The van der Waals surface area contributed by atoms with Crippen molar-refractivity contribution in [3.8, 4) is 5.75 Å². The van der Waals surface area contributed by atoms with Crippen LogP contribution in [0.4, 0.5) is 16.2 Å². The van der Waals surface area contributed by atoms with E-state index < -0.39 is 11.6 Å². The Hall–Kier alpha value is -4.08. The molecule has 1 fully saturated rings. The summed E-state index contributed by atoms with van der Waals surface area (Å²) >= 11 is 12.2. The number of imide groups is 1. The first kappa shape index (κ1) is 28.1. The number of benzene rings is 3. The van der Waals surface area contributed by atoms with Crippen molar-refractivity contribution >= 4 is 58.3 Å². The van der Waals surface area contributed by atoms with Crippen LogP contribution in [0, 0.1) is 5.92 Å². The van der Waals surface area contributed by atoms with Gasteiger partial charge in [0.2, 0.25) is 11.8 Å². The molecule has 2 unspecified atom stereocenters. The number of rotatable bonds is 7. The topological polar surface area (TPSA) is 117 Å². The highest BCUT2D eigenvalue weighted by molar-refractivity contribution is 6.35. The second-order valence-electron chi connectivity index (χ2n) is 10.9. The molecule has 3 aromatic carbocycles. The minimum Gasteiger partial charge on any atom is -0.492 e. The van der Waals surface area contributed by atoms with Gasteiger partial charge in [0, 0.05) is 35.2 Å². The maximum absolute atomic E-state index is 13.8. The number of amides is 5. The fourth-order valence-corrected chi connectivity index (χ4v) is 6.45. The smallest absolute Gasteiger partial charge is 0.322 e. The van der Waals surface area contributed by atoms with Crippen LogP contribution in [0.1, 0.15) is 29.5 Å². The standard InChI is InChI=1S/C31H28Cl2N4O5/c32-22-8-10-26(24(33)14-22)42-12-11-19-6-5-18-3-1-2-4-25(18)37(28(19)39)17-27(38)34-23-9-7-20-15-31(16-21(20)13-23)29(40)35-30(41)36-31/h1-4,7-10,13-14,19H,5-6,11-12,15-17H2,(H,34,38)(H2,35,36,40,41). The number of ether oxygens (including phenoxy) is 1. The van der Waals surface area contributed by atoms with Crippen LogP contribution in [0.5, 0.6) is 5.75 Å². The van der Waals surface area contributed by atoms with Crippen LogP contribution in [0.2, 0.25) is 10.0 Å². The first-order valence-electron chi connectivity index (χ1n) is 13.7. The average Bonchev–Trinajstić information content (AvgIpc) is 3.41. The second-order valence-corrected chi connectivity index (χ2v) is 11.7. The Balaban J connectivity index is 1.14. The van der Waals surface area contributed by atoms with Gasteiger partial charge in [-0.15, -0.1) is 0 Å². The molecule has 6 rings (SSSR count). The molecule has 3 N–H and O–H groups in total. The summed E-state index contributed by atoms with van der Waals surface area (Å²) < 4.78 is 5.85. The quantitative estimate of drug-likeness (QED) is 0.338. The highest BCUT2D eigenvalue weighted by Crippen LogP contribution is 2.35. The molecule has 1 saturated heterocycles. The maximum atomic E-state index is 13.8. The van der Waals surface area contributed by atoms with E-state index in [0.29, 0.717) is 53.6 Å². The monoisotopic (exact) mass is 606 g/mol. The molecule has 42 heavy (non-hydrogen) atoms. The number of nitrogens with one attached hydrogen (secondary N) is 3. The summed E-state index contributed by atoms with van der Waals surface area (Å²) in [7, 11) is 0. The second kappa shape index (κ2) is 11.3. The van der Waals surface area contributed by atoms with Gasteiger partial charge in [-0.2, -0.15) is 0 Å². The van der Waals surface area contributed by atoms with Crippen molar-refractivity contribution in [2.45, 2.75) is 37.6 Å². The Morgan fingerprint density at radius 2 is 1.81 bits per heavy atom. The van der Waals surface area contributed by atoms with Gasteiger partial charge < -0.3 is 20.3 Å². The third-order valence-corrected chi connectivity index (χ3v) is 8.60. The number of carbonyl (C=O) groups excluding carboxylic acids is 4. The first-order chi connectivity index (χ1) is 20.2. The number of hydrogen-bond acceptors (Lipinski definition) is 5. The molecule has 0 aromatic heterocycles. The zero-order chi connectivity index (χ0) is 29.4. The molecular formula is C31H28Cl2N4O5. The molecule has 9 nitrogen and oxygen atoms in total. The number of fused-ring (bicyclic) bond motifs is 2. The van der Waals surface area contributed by atoms with E-state index >= 15 is 0 Å². The molecule has 3 aliphatic rings. The number of para-hydroxylation sites is 1. The highest BCUT2D eigenvalue weighted by Gasteiger charge is 2.50. The van der Waals surface area contributed by atoms with Crippen LogP contribution >= 0.6 is 23.2 Å². The maximum Gasteiger partial charge on any atom is 0.322 e. The lowest BCUT2D eigenvalue weighted by atomic mass is 9.96. The molecule has 1 spiro atoms. The summed E-state index contributed by atoms with van der Waals surface area (Å²) in [4.78, 5) is 52.7. The number of aryl methyl sites for hydroxylation is 1. The fraction of sp³-hybridized carbons (Fsp3) is 0.290. The predicted octanol–water partition coefficient (Wildman–Crippen LogP) is 4.67. The average molecular weight is 607 g/mol. The van der Waals surface area contributed by atoms with Gasteiger partial charge in [-0.05, 0) is 72.4 Å². The van der Waals surface area contributed by atoms with Crippen LogP contribution in [0.3, 0.4) is 0 Å². The van der Waals surface area contributed by atoms with E-state index in [1.54, 1.807) is 29.2 Å². The van der Waals surface area contributed by atoms with E-state index in [1.807, 2.05) is 36.4 Å². The summed E-state index contributed by atoms with van der Waals surface area (Å²) in [6.45, 7) is 0.124. The minimum atomic E-state index is -0.984. The van der Waals surface area contributed by atoms with Gasteiger partial charge in [-0.25, -0.2) is 4.79 Å². The highest BCUT2D eigenvalue weighted by atomic mass is 35.5. The van der Waals surface area contributed by atoms with Crippen LogP contribution in [-0.2, 0) is 33.6 Å². The van der Waals surface area contributed by atoms with Crippen molar-refractivity contribution in [1.82, 2.24) is 10.6 Å². The Kier molecular flexibility index (Phi) is 7.55. The van der Waals surface area contributed by atoms with E-state index in [2.05, 4.69) is 16.0 Å². The van der Waals surface area contributed by atoms with Crippen molar-refractivity contribution < 1.29 is 23.9 Å². The molecule has 0 saturated carbocycles. The number of halogens is 2. The molecule has 1 aliphatic carbocycles. The van der Waals surface area contributed by atoms with Crippen molar-refractivity contribution in [1.29, 1.82) is 0 Å².